The van der Waals surface area contributed by atoms with E-state index >= 15 is 0 Å². The van der Waals surface area contributed by atoms with E-state index in [0.717, 1.165) is 24.2 Å². The summed E-state index contributed by atoms with van der Waals surface area (Å²) in [5.41, 5.74) is 2.23. The monoisotopic (exact) mass is 283 g/mol. The Kier molecular flexibility index (Phi) is 3.79. The average Bonchev–Trinajstić information content (AvgIpc) is 3.17. The molecule has 0 radical (unpaired) electrons. The minimum absolute atomic E-state index is 0.622. The molecule has 6 heteroatoms. The van der Waals surface area contributed by atoms with Crippen LogP contribution in [0.25, 0.3) is 5.69 Å². The normalized spacial score (nSPS) is 12.5. The summed E-state index contributed by atoms with van der Waals surface area (Å²) in [5, 5.41) is 22.8. The minimum Gasteiger partial charge on any atom is -0.382 e. The molecule has 2 aromatic heterocycles. The molecule has 0 aliphatic carbocycles. The van der Waals surface area contributed by atoms with E-state index in [1.807, 2.05) is 41.2 Å². The van der Waals surface area contributed by atoms with Crippen molar-refractivity contribution in [2.45, 2.75) is 26.0 Å². The second-order valence-corrected chi connectivity index (χ2v) is 4.85. The lowest BCUT2D eigenvalue weighted by Crippen LogP contribution is -2.08. The summed E-state index contributed by atoms with van der Waals surface area (Å²) in [5.74, 6) is 0. The maximum Gasteiger partial charge on any atom is 0.126 e. The third kappa shape index (κ3) is 2.71. The number of aromatic nitrogens is 5. The Hall–Kier alpha value is -2.47. The quantitative estimate of drug-likeness (QED) is 0.777. The summed E-state index contributed by atoms with van der Waals surface area (Å²) in [4.78, 5) is 0. The van der Waals surface area contributed by atoms with Gasteiger partial charge in [0.25, 0.3) is 0 Å². The summed E-state index contributed by atoms with van der Waals surface area (Å²) < 4.78 is 3.47. The Morgan fingerprint density at radius 3 is 2.76 bits per heavy atom. The zero-order valence-corrected chi connectivity index (χ0v) is 11.8. The van der Waals surface area contributed by atoms with Crippen molar-refractivity contribution in [3.05, 3.63) is 60.2 Å². The van der Waals surface area contributed by atoms with Gasteiger partial charge >= 0.3 is 0 Å². The molecule has 0 saturated carbocycles. The van der Waals surface area contributed by atoms with E-state index in [0.29, 0.717) is 5.69 Å². The number of aliphatic hydroxyl groups is 1. The number of rotatable bonds is 5. The second kappa shape index (κ2) is 5.88. The molecule has 0 bridgehead atoms. The second-order valence-electron chi connectivity index (χ2n) is 4.85. The summed E-state index contributed by atoms with van der Waals surface area (Å²) in [6.45, 7) is 2.93. The number of hydrogen-bond acceptors (Lipinski definition) is 4. The van der Waals surface area contributed by atoms with E-state index in [2.05, 4.69) is 22.3 Å². The SMILES string of the molecule is CCCn1cc(C(O)c2cnnn2-c2ccccc2)cn1. The van der Waals surface area contributed by atoms with Gasteiger partial charge in [-0.05, 0) is 18.6 Å². The fourth-order valence-electron chi connectivity index (χ4n) is 2.24. The summed E-state index contributed by atoms with van der Waals surface area (Å²) >= 11 is 0. The highest BCUT2D eigenvalue weighted by molar-refractivity contribution is 5.33. The van der Waals surface area contributed by atoms with Crippen LogP contribution in [0.15, 0.2) is 48.9 Å². The number of aryl methyl sites for hydroxylation is 1. The van der Waals surface area contributed by atoms with E-state index in [-0.39, 0.29) is 0 Å². The molecule has 0 amide bonds. The van der Waals surface area contributed by atoms with Crippen LogP contribution in [0, 0.1) is 0 Å². The lowest BCUT2D eigenvalue weighted by atomic mass is 10.1. The number of hydrogen-bond donors (Lipinski definition) is 1. The predicted molar refractivity (Wildman–Crippen MR) is 77.9 cm³/mol. The number of nitrogens with zero attached hydrogens (tertiary/aromatic N) is 5. The Labute approximate surface area is 122 Å². The van der Waals surface area contributed by atoms with Gasteiger partial charge in [0.2, 0.25) is 0 Å². The van der Waals surface area contributed by atoms with Crippen LogP contribution in [0.4, 0.5) is 0 Å². The largest absolute Gasteiger partial charge is 0.382 e. The topological polar surface area (TPSA) is 68.8 Å². The van der Waals surface area contributed by atoms with Crippen molar-refractivity contribution in [3.63, 3.8) is 0 Å². The third-order valence-electron chi connectivity index (χ3n) is 3.28. The van der Waals surface area contributed by atoms with Crippen molar-refractivity contribution in [3.8, 4) is 5.69 Å². The van der Waals surface area contributed by atoms with E-state index in [9.17, 15) is 5.11 Å². The van der Waals surface area contributed by atoms with Crippen LogP contribution >= 0.6 is 0 Å². The van der Waals surface area contributed by atoms with Crippen LogP contribution in [-0.4, -0.2) is 29.9 Å². The Morgan fingerprint density at radius 2 is 2.00 bits per heavy atom. The molecule has 2 heterocycles. The lowest BCUT2D eigenvalue weighted by molar-refractivity contribution is 0.212. The van der Waals surface area contributed by atoms with Crippen molar-refractivity contribution in [2.75, 3.05) is 0 Å². The highest BCUT2D eigenvalue weighted by Crippen LogP contribution is 2.22. The Balaban J connectivity index is 1.91. The van der Waals surface area contributed by atoms with Crippen LogP contribution in [0.1, 0.15) is 30.7 Å². The maximum absolute atomic E-state index is 10.6. The standard InChI is InChI=1S/C15H17N5O/c1-2-8-19-11-12(9-17-19)15(21)14-10-16-18-20(14)13-6-4-3-5-7-13/h3-7,9-11,15,21H,2,8H2,1H3. The molecule has 3 rings (SSSR count). The van der Waals surface area contributed by atoms with Gasteiger partial charge in [0.15, 0.2) is 0 Å². The molecule has 1 unspecified atom stereocenters. The maximum atomic E-state index is 10.6. The van der Waals surface area contributed by atoms with Gasteiger partial charge in [0.05, 0.1) is 23.8 Å². The van der Waals surface area contributed by atoms with E-state index in [4.69, 9.17) is 0 Å². The van der Waals surface area contributed by atoms with Crippen LogP contribution in [0.2, 0.25) is 0 Å². The first kappa shape index (κ1) is 13.5. The van der Waals surface area contributed by atoms with Crippen LogP contribution in [-0.2, 0) is 6.54 Å². The molecule has 0 saturated heterocycles. The van der Waals surface area contributed by atoms with Gasteiger partial charge in [-0.15, -0.1) is 5.10 Å². The van der Waals surface area contributed by atoms with Gasteiger partial charge < -0.3 is 5.11 Å². The Bertz CT molecular complexity index is 704. The van der Waals surface area contributed by atoms with Crippen molar-refractivity contribution in [1.82, 2.24) is 24.8 Å². The highest BCUT2D eigenvalue weighted by Gasteiger charge is 2.18. The van der Waals surface area contributed by atoms with Gasteiger partial charge in [0.1, 0.15) is 6.10 Å². The fraction of sp³-hybridized carbons (Fsp3) is 0.267. The van der Waals surface area contributed by atoms with E-state index < -0.39 is 6.10 Å². The first-order chi connectivity index (χ1) is 10.3. The van der Waals surface area contributed by atoms with Crippen molar-refractivity contribution in [1.29, 1.82) is 0 Å². The van der Waals surface area contributed by atoms with E-state index in [1.54, 1.807) is 17.1 Å². The molecule has 0 aliphatic rings. The molecule has 108 valence electrons. The van der Waals surface area contributed by atoms with Gasteiger partial charge in [-0.2, -0.15) is 5.10 Å². The highest BCUT2D eigenvalue weighted by atomic mass is 16.3. The van der Waals surface area contributed by atoms with Crippen LogP contribution in [0.3, 0.4) is 0 Å². The number of benzene rings is 1. The molecule has 21 heavy (non-hydrogen) atoms. The molecule has 6 nitrogen and oxygen atoms in total. The van der Waals surface area contributed by atoms with Gasteiger partial charge in [-0.1, -0.05) is 30.3 Å². The van der Waals surface area contributed by atoms with Gasteiger partial charge in [-0.25, -0.2) is 4.68 Å². The van der Waals surface area contributed by atoms with Gasteiger partial charge in [-0.3, -0.25) is 4.68 Å². The summed E-state index contributed by atoms with van der Waals surface area (Å²) in [6.07, 6.45) is 5.32. The van der Waals surface area contributed by atoms with Crippen molar-refractivity contribution >= 4 is 0 Å². The lowest BCUT2D eigenvalue weighted by Gasteiger charge is -2.10. The summed E-state index contributed by atoms with van der Waals surface area (Å²) in [6, 6.07) is 9.63. The Morgan fingerprint density at radius 1 is 1.19 bits per heavy atom. The molecule has 0 fully saturated rings. The number of para-hydroxylation sites is 1. The molecular weight excluding hydrogens is 266 g/mol. The van der Waals surface area contributed by atoms with E-state index in [1.165, 1.54) is 0 Å². The average molecular weight is 283 g/mol. The molecule has 3 aromatic rings. The zero-order chi connectivity index (χ0) is 14.7. The smallest absolute Gasteiger partial charge is 0.126 e. The third-order valence-corrected chi connectivity index (χ3v) is 3.28. The molecule has 0 aliphatic heterocycles. The van der Waals surface area contributed by atoms with Crippen molar-refractivity contribution in [2.24, 2.45) is 0 Å². The predicted octanol–water partition coefficient (Wildman–Crippen LogP) is 1.96. The van der Waals surface area contributed by atoms with Crippen molar-refractivity contribution < 1.29 is 5.11 Å². The number of aliphatic hydroxyl groups excluding tert-OH is 1. The minimum atomic E-state index is -0.800. The zero-order valence-electron chi connectivity index (χ0n) is 11.8. The first-order valence-corrected chi connectivity index (χ1v) is 6.96. The van der Waals surface area contributed by atoms with Gasteiger partial charge in [0, 0.05) is 18.3 Å². The molecule has 1 N–H and O–H groups in total. The molecular formula is C15H17N5O. The molecule has 1 aromatic carbocycles. The van der Waals surface area contributed by atoms with Crippen LogP contribution in [0.5, 0.6) is 0 Å². The summed E-state index contributed by atoms with van der Waals surface area (Å²) in [7, 11) is 0. The molecule has 1 atom stereocenters. The fourth-order valence-corrected chi connectivity index (χ4v) is 2.24. The first-order valence-electron chi connectivity index (χ1n) is 6.96. The van der Waals surface area contributed by atoms with Crippen LogP contribution < -0.4 is 0 Å². The molecule has 0 spiro atoms.